The van der Waals surface area contributed by atoms with E-state index in [0.29, 0.717) is 23.5 Å². The van der Waals surface area contributed by atoms with Crippen LogP contribution in [0.5, 0.6) is 0 Å². The molecule has 24 heavy (non-hydrogen) atoms. The highest BCUT2D eigenvalue weighted by Gasteiger charge is 2.63. The van der Waals surface area contributed by atoms with Gasteiger partial charge in [0.25, 0.3) is 0 Å². The summed E-state index contributed by atoms with van der Waals surface area (Å²) < 4.78 is 19.1. The Bertz CT molecular complexity index is 559. The van der Waals surface area contributed by atoms with Crippen LogP contribution in [0.1, 0.15) is 38.5 Å². The molecule has 1 aliphatic heterocycles. The molecule has 3 unspecified atom stereocenters. The van der Waals surface area contributed by atoms with Crippen molar-refractivity contribution in [3.05, 3.63) is 0 Å². The molecule has 3 saturated carbocycles. The predicted octanol–water partition coefficient (Wildman–Crippen LogP) is 1.63. The summed E-state index contributed by atoms with van der Waals surface area (Å²) in [6, 6.07) is 1.83. The predicted molar refractivity (Wildman–Crippen MR) is 85.7 cm³/mol. The molecule has 4 fully saturated rings. The Labute approximate surface area is 142 Å². The van der Waals surface area contributed by atoms with Gasteiger partial charge in [-0.05, 0) is 49.4 Å². The largest absolute Gasteiger partial charge is 0.381 e. The summed E-state index contributed by atoms with van der Waals surface area (Å²) in [4.78, 5) is 13.8. The highest BCUT2D eigenvalue weighted by atomic mass is 19.1. The number of rotatable bonds is 4. The van der Waals surface area contributed by atoms with Crippen molar-refractivity contribution in [1.29, 1.82) is 5.26 Å². The maximum absolute atomic E-state index is 13.5. The third kappa shape index (κ3) is 2.53. The summed E-state index contributed by atoms with van der Waals surface area (Å²) in [5, 5.41) is 12.6. The Morgan fingerprint density at radius 3 is 2.83 bits per heavy atom. The zero-order chi connectivity index (χ0) is 16.9. The van der Waals surface area contributed by atoms with Crippen LogP contribution >= 0.6 is 0 Å². The van der Waals surface area contributed by atoms with Crippen LogP contribution in [0.25, 0.3) is 0 Å². The number of halogens is 1. The van der Waals surface area contributed by atoms with Gasteiger partial charge in [0.05, 0.1) is 25.3 Å². The number of methoxy groups -OCH3 is 1. The summed E-state index contributed by atoms with van der Waals surface area (Å²) in [7, 11) is 1.81. The van der Waals surface area contributed by atoms with Gasteiger partial charge in [0.15, 0.2) is 0 Å². The number of likely N-dealkylation sites (tertiary alicyclic amines) is 1. The molecule has 3 aliphatic carbocycles. The molecule has 1 spiro atoms. The third-order valence-corrected chi connectivity index (χ3v) is 7.00. The standard InChI is InChI=1S/C18H26FN3O2/c1-24-14-4-11-5-16(18(2-3-18)15(11)7-14)21-9-17(23)22-10-12(19)6-13(22)8-20/h11-16,21H,2-7,9-10H2,1H3/t11-,12+,13?,14?,15-,16?/m1/s1. The van der Waals surface area contributed by atoms with E-state index in [9.17, 15) is 9.18 Å². The van der Waals surface area contributed by atoms with E-state index in [1.165, 1.54) is 17.7 Å². The molecule has 6 heteroatoms. The van der Waals surface area contributed by atoms with Crippen molar-refractivity contribution in [3.8, 4) is 6.07 Å². The number of carbonyl (C=O) groups excluding carboxylic acids is 1. The molecule has 0 bridgehead atoms. The second-order valence-corrected chi connectivity index (χ2v) is 8.12. The lowest BCUT2D eigenvalue weighted by atomic mass is 9.87. The molecule has 6 atom stereocenters. The van der Waals surface area contributed by atoms with Crippen LogP contribution < -0.4 is 5.32 Å². The molecule has 1 amide bonds. The maximum atomic E-state index is 13.5. The van der Waals surface area contributed by atoms with E-state index in [4.69, 9.17) is 10.00 Å². The van der Waals surface area contributed by atoms with Crippen molar-refractivity contribution in [3.63, 3.8) is 0 Å². The Hall–Kier alpha value is -1.19. The number of hydrogen-bond acceptors (Lipinski definition) is 4. The topological polar surface area (TPSA) is 65.4 Å². The number of nitriles is 1. The van der Waals surface area contributed by atoms with Crippen molar-refractivity contribution in [1.82, 2.24) is 10.2 Å². The van der Waals surface area contributed by atoms with Crippen LogP contribution in [0.15, 0.2) is 0 Å². The first-order valence-corrected chi connectivity index (χ1v) is 9.16. The Morgan fingerprint density at radius 2 is 2.17 bits per heavy atom. The molecule has 0 radical (unpaired) electrons. The molecule has 1 saturated heterocycles. The zero-order valence-electron chi connectivity index (χ0n) is 14.2. The van der Waals surface area contributed by atoms with Crippen LogP contribution in [0.2, 0.25) is 0 Å². The minimum atomic E-state index is -1.06. The summed E-state index contributed by atoms with van der Waals surface area (Å²) >= 11 is 0. The van der Waals surface area contributed by atoms with Crippen LogP contribution in [-0.4, -0.2) is 55.4 Å². The van der Waals surface area contributed by atoms with Crippen molar-refractivity contribution >= 4 is 5.91 Å². The van der Waals surface area contributed by atoms with Gasteiger partial charge in [-0.3, -0.25) is 4.79 Å². The molecule has 0 aromatic heterocycles. The monoisotopic (exact) mass is 335 g/mol. The first kappa shape index (κ1) is 16.3. The maximum Gasteiger partial charge on any atom is 0.237 e. The number of ether oxygens (including phenoxy) is 1. The van der Waals surface area contributed by atoms with Gasteiger partial charge in [-0.1, -0.05) is 0 Å². The van der Waals surface area contributed by atoms with E-state index in [2.05, 4.69) is 5.32 Å². The number of hydrogen-bond donors (Lipinski definition) is 1. The fourth-order valence-corrected chi connectivity index (χ4v) is 5.67. The van der Waals surface area contributed by atoms with Crippen LogP contribution in [-0.2, 0) is 9.53 Å². The van der Waals surface area contributed by atoms with Gasteiger partial charge in [0, 0.05) is 19.6 Å². The lowest BCUT2D eigenvalue weighted by Crippen LogP contribution is -2.45. The minimum absolute atomic E-state index is 0.0648. The van der Waals surface area contributed by atoms with Gasteiger partial charge in [-0.25, -0.2) is 4.39 Å². The van der Waals surface area contributed by atoms with Crippen LogP contribution in [0.3, 0.4) is 0 Å². The molecular formula is C18H26FN3O2. The van der Waals surface area contributed by atoms with E-state index in [-0.39, 0.29) is 25.4 Å². The molecule has 4 aliphatic rings. The number of alkyl halides is 1. The quantitative estimate of drug-likeness (QED) is 0.848. The summed E-state index contributed by atoms with van der Waals surface area (Å²) in [5.74, 6) is 1.30. The summed E-state index contributed by atoms with van der Waals surface area (Å²) in [6.45, 7) is 0.291. The summed E-state index contributed by atoms with van der Waals surface area (Å²) in [6.07, 6.45) is 5.39. The fourth-order valence-electron chi connectivity index (χ4n) is 5.67. The highest BCUT2D eigenvalue weighted by molar-refractivity contribution is 5.79. The highest BCUT2D eigenvalue weighted by Crippen LogP contribution is 2.67. The molecule has 1 N–H and O–H groups in total. The van der Waals surface area contributed by atoms with Crippen LogP contribution in [0.4, 0.5) is 4.39 Å². The second-order valence-electron chi connectivity index (χ2n) is 8.12. The normalized spacial score (nSPS) is 42.3. The van der Waals surface area contributed by atoms with E-state index in [0.717, 1.165) is 25.2 Å². The van der Waals surface area contributed by atoms with Gasteiger partial charge in [-0.2, -0.15) is 5.26 Å². The number of amides is 1. The van der Waals surface area contributed by atoms with Gasteiger partial charge in [-0.15, -0.1) is 0 Å². The number of nitrogens with zero attached hydrogens (tertiary/aromatic N) is 2. The van der Waals surface area contributed by atoms with Crippen molar-refractivity contribution in [2.75, 3.05) is 20.2 Å². The fraction of sp³-hybridized carbons (Fsp3) is 0.889. The SMILES string of the molecule is COC1C[C@@H]2CC(NCC(=O)N3C[C@@H](F)CC3C#N)C3(CC3)[C@@H]2C1. The smallest absolute Gasteiger partial charge is 0.237 e. The molecule has 1 heterocycles. The average Bonchev–Trinajstić information content (AvgIpc) is 3.00. The van der Waals surface area contributed by atoms with Crippen LogP contribution in [0, 0.1) is 28.6 Å². The lowest BCUT2D eigenvalue weighted by molar-refractivity contribution is -0.130. The molecule has 4 rings (SSSR count). The number of nitrogens with one attached hydrogen (secondary N) is 1. The summed E-state index contributed by atoms with van der Waals surface area (Å²) in [5.41, 5.74) is 0.362. The van der Waals surface area contributed by atoms with E-state index < -0.39 is 12.2 Å². The van der Waals surface area contributed by atoms with E-state index in [1.807, 2.05) is 6.07 Å². The first-order valence-electron chi connectivity index (χ1n) is 9.16. The van der Waals surface area contributed by atoms with Gasteiger partial charge >= 0.3 is 0 Å². The van der Waals surface area contributed by atoms with Crippen molar-refractivity contribution in [2.24, 2.45) is 17.3 Å². The Kier molecular flexibility index (Phi) is 4.04. The average molecular weight is 335 g/mol. The lowest BCUT2D eigenvalue weighted by Gasteiger charge is -2.27. The van der Waals surface area contributed by atoms with Gasteiger partial charge < -0.3 is 15.0 Å². The van der Waals surface area contributed by atoms with Gasteiger partial charge in [0.2, 0.25) is 5.91 Å². The van der Waals surface area contributed by atoms with E-state index >= 15 is 0 Å². The third-order valence-electron chi connectivity index (χ3n) is 7.00. The van der Waals surface area contributed by atoms with Gasteiger partial charge in [0.1, 0.15) is 12.2 Å². The number of carbonyl (C=O) groups is 1. The van der Waals surface area contributed by atoms with E-state index in [1.54, 1.807) is 7.11 Å². The molecule has 132 valence electrons. The molecule has 0 aromatic carbocycles. The van der Waals surface area contributed by atoms with Crippen molar-refractivity contribution in [2.45, 2.75) is 62.9 Å². The second kappa shape index (κ2) is 5.96. The Morgan fingerprint density at radius 1 is 1.38 bits per heavy atom. The zero-order valence-corrected chi connectivity index (χ0v) is 14.2. The first-order chi connectivity index (χ1) is 11.6. The minimum Gasteiger partial charge on any atom is -0.381 e. The molecular weight excluding hydrogens is 309 g/mol. The van der Waals surface area contributed by atoms with Crippen molar-refractivity contribution < 1.29 is 13.9 Å². The number of fused-ring (bicyclic) bond motifs is 2. The molecule has 0 aromatic rings. The Balaban J connectivity index is 1.34. The molecule has 5 nitrogen and oxygen atoms in total.